The first-order valence-corrected chi connectivity index (χ1v) is 13.2. The molecule has 0 bridgehead atoms. The molecule has 4 aromatic rings. The minimum absolute atomic E-state index is 0.0923. The molecule has 0 saturated carbocycles. The van der Waals surface area contributed by atoms with Gasteiger partial charge in [0.05, 0.1) is 0 Å². The second-order valence-electron chi connectivity index (χ2n) is 9.92. The van der Waals surface area contributed by atoms with Crippen molar-refractivity contribution in [1.29, 1.82) is 0 Å². The Morgan fingerprint density at radius 2 is 1.55 bits per heavy atom. The maximum Gasteiger partial charge on any atom is 0.318 e. The average Bonchev–Trinajstić information content (AvgIpc) is 3.42. The number of aromatic nitrogens is 1. The SMILES string of the molecule is CC(=O)NCCc1c(C(CCc2ccccc2)C2C(=O)OC(Cc3ccccc3)C2=O)[nH]c2ccccc12. The van der Waals surface area contributed by atoms with Gasteiger partial charge in [-0.3, -0.25) is 14.4 Å². The van der Waals surface area contributed by atoms with Gasteiger partial charge in [0.25, 0.3) is 0 Å². The number of carbonyl (C=O) groups is 3. The summed E-state index contributed by atoms with van der Waals surface area (Å²) >= 11 is 0. The van der Waals surface area contributed by atoms with Crippen molar-refractivity contribution in [2.45, 2.75) is 44.6 Å². The lowest BCUT2D eigenvalue weighted by Crippen LogP contribution is -2.29. The lowest BCUT2D eigenvalue weighted by molar-refractivity contribution is -0.145. The van der Waals surface area contributed by atoms with Crippen molar-refractivity contribution in [3.8, 4) is 0 Å². The molecule has 3 unspecified atom stereocenters. The minimum Gasteiger partial charge on any atom is -0.453 e. The van der Waals surface area contributed by atoms with E-state index in [1.807, 2.05) is 72.8 Å². The first-order valence-electron chi connectivity index (χ1n) is 13.2. The zero-order chi connectivity index (χ0) is 26.5. The topological polar surface area (TPSA) is 88.3 Å². The summed E-state index contributed by atoms with van der Waals surface area (Å²) in [4.78, 5) is 42.2. The number of carbonyl (C=O) groups excluding carboxylic acids is 3. The average molecular weight is 509 g/mol. The number of para-hydroxylation sites is 1. The number of hydrogen-bond donors (Lipinski definition) is 2. The van der Waals surface area contributed by atoms with Crippen LogP contribution in [0, 0.1) is 5.92 Å². The smallest absolute Gasteiger partial charge is 0.318 e. The van der Waals surface area contributed by atoms with Gasteiger partial charge in [-0.05, 0) is 42.0 Å². The van der Waals surface area contributed by atoms with Crippen LogP contribution < -0.4 is 5.32 Å². The third-order valence-electron chi connectivity index (χ3n) is 7.36. The maximum atomic E-state index is 13.8. The first-order chi connectivity index (χ1) is 18.5. The van der Waals surface area contributed by atoms with E-state index in [1.165, 1.54) is 6.92 Å². The Morgan fingerprint density at radius 1 is 0.895 bits per heavy atom. The van der Waals surface area contributed by atoms with E-state index in [2.05, 4.69) is 22.4 Å². The van der Waals surface area contributed by atoms with Crippen LogP contribution in [-0.2, 0) is 38.4 Å². The molecule has 1 aromatic heterocycles. The highest BCUT2D eigenvalue weighted by Gasteiger charge is 2.48. The van der Waals surface area contributed by atoms with E-state index in [1.54, 1.807) is 0 Å². The van der Waals surface area contributed by atoms with Crippen molar-refractivity contribution < 1.29 is 19.1 Å². The van der Waals surface area contributed by atoms with Crippen molar-refractivity contribution in [3.63, 3.8) is 0 Å². The number of Topliss-reactive ketones (excluding diaryl/α,β-unsaturated/α-hetero) is 1. The Kier molecular flexibility index (Phi) is 7.68. The van der Waals surface area contributed by atoms with E-state index in [4.69, 9.17) is 4.74 Å². The minimum atomic E-state index is -0.889. The molecular weight excluding hydrogens is 476 g/mol. The molecule has 6 nitrogen and oxygen atoms in total. The molecule has 3 atom stereocenters. The molecule has 194 valence electrons. The van der Waals surface area contributed by atoms with Crippen molar-refractivity contribution in [3.05, 3.63) is 107 Å². The van der Waals surface area contributed by atoms with Crippen LogP contribution in [0.4, 0.5) is 0 Å². The number of hydrogen-bond acceptors (Lipinski definition) is 4. The van der Waals surface area contributed by atoms with Crippen LogP contribution in [0.2, 0.25) is 0 Å². The number of cyclic esters (lactones) is 1. The zero-order valence-electron chi connectivity index (χ0n) is 21.5. The van der Waals surface area contributed by atoms with Crippen LogP contribution in [0.1, 0.15) is 41.6 Å². The zero-order valence-corrected chi connectivity index (χ0v) is 21.5. The molecular formula is C32H32N2O4. The van der Waals surface area contributed by atoms with Gasteiger partial charge < -0.3 is 15.0 Å². The first kappa shape index (κ1) is 25.5. The number of nitrogens with one attached hydrogen (secondary N) is 2. The van der Waals surface area contributed by atoms with Crippen LogP contribution in [0.5, 0.6) is 0 Å². The Balaban J connectivity index is 1.51. The molecule has 38 heavy (non-hydrogen) atoms. The van der Waals surface area contributed by atoms with Gasteiger partial charge in [0.1, 0.15) is 5.92 Å². The Labute approximate surface area is 222 Å². The monoisotopic (exact) mass is 508 g/mol. The highest BCUT2D eigenvalue weighted by molar-refractivity contribution is 6.07. The normalized spacial score (nSPS) is 17.9. The molecule has 1 amide bonds. The van der Waals surface area contributed by atoms with Gasteiger partial charge in [0, 0.05) is 42.4 Å². The predicted octanol–water partition coefficient (Wildman–Crippen LogP) is 4.92. The highest BCUT2D eigenvalue weighted by atomic mass is 16.6. The number of ketones is 1. The Morgan fingerprint density at radius 3 is 2.26 bits per heavy atom. The summed E-state index contributed by atoms with van der Waals surface area (Å²) in [6.45, 7) is 1.97. The molecule has 0 aliphatic carbocycles. The molecule has 2 heterocycles. The summed E-state index contributed by atoms with van der Waals surface area (Å²) in [5, 5.41) is 3.92. The van der Waals surface area contributed by atoms with Gasteiger partial charge in [-0.15, -0.1) is 0 Å². The number of fused-ring (bicyclic) bond motifs is 1. The summed E-state index contributed by atoms with van der Waals surface area (Å²) in [7, 11) is 0. The number of H-pyrrole nitrogens is 1. The van der Waals surface area contributed by atoms with Crippen LogP contribution >= 0.6 is 0 Å². The lowest BCUT2D eigenvalue weighted by Gasteiger charge is -2.21. The number of esters is 1. The van der Waals surface area contributed by atoms with Crippen molar-refractivity contribution in [1.82, 2.24) is 10.3 Å². The van der Waals surface area contributed by atoms with Crippen molar-refractivity contribution >= 4 is 28.6 Å². The van der Waals surface area contributed by atoms with E-state index in [-0.39, 0.29) is 17.6 Å². The van der Waals surface area contributed by atoms with Crippen LogP contribution in [-0.4, -0.2) is 35.3 Å². The summed E-state index contributed by atoms with van der Waals surface area (Å²) < 4.78 is 5.71. The van der Waals surface area contributed by atoms with E-state index in [0.717, 1.165) is 33.3 Å². The van der Waals surface area contributed by atoms with E-state index >= 15 is 0 Å². The molecule has 3 aromatic carbocycles. The lowest BCUT2D eigenvalue weighted by atomic mass is 9.80. The summed E-state index contributed by atoms with van der Waals surface area (Å²) in [6.07, 6.45) is 1.49. The van der Waals surface area contributed by atoms with Crippen molar-refractivity contribution in [2.75, 3.05) is 6.54 Å². The largest absolute Gasteiger partial charge is 0.453 e. The number of aromatic amines is 1. The molecule has 1 fully saturated rings. The van der Waals surface area contributed by atoms with Gasteiger partial charge in [0.2, 0.25) is 5.91 Å². The standard InChI is InChI=1S/C32H32N2O4/c1-21(35)33-19-18-25-24-14-8-9-15-27(24)34-30(25)26(17-16-22-10-4-2-5-11-22)29-31(36)28(38-32(29)37)20-23-12-6-3-7-13-23/h2-15,26,28-29,34H,16-20H2,1H3,(H,33,35). The summed E-state index contributed by atoms with van der Waals surface area (Å²) in [5.74, 6) is -1.98. The van der Waals surface area contributed by atoms with E-state index < -0.39 is 18.0 Å². The molecule has 0 spiro atoms. The van der Waals surface area contributed by atoms with Gasteiger partial charge in [-0.25, -0.2) is 0 Å². The van der Waals surface area contributed by atoms with Crippen LogP contribution in [0.15, 0.2) is 84.9 Å². The Bertz CT molecular complexity index is 1430. The quantitative estimate of drug-likeness (QED) is 0.235. The van der Waals surface area contributed by atoms with Crippen LogP contribution in [0.3, 0.4) is 0 Å². The van der Waals surface area contributed by atoms with Gasteiger partial charge in [0.15, 0.2) is 11.9 Å². The van der Waals surface area contributed by atoms with Gasteiger partial charge >= 0.3 is 5.97 Å². The third-order valence-corrected chi connectivity index (χ3v) is 7.36. The van der Waals surface area contributed by atoms with E-state index in [0.29, 0.717) is 32.2 Å². The van der Waals surface area contributed by atoms with E-state index in [9.17, 15) is 14.4 Å². The molecule has 5 rings (SSSR count). The second-order valence-corrected chi connectivity index (χ2v) is 9.92. The fourth-order valence-corrected chi connectivity index (χ4v) is 5.54. The fraction of sp³-hybridized carbons (Fsp3) is 0.281. The predicted molar refractivity (Wildman–Crippen MR) is 147 cm³/mol. The van der Waals surface area contributed by atoms with Crippen LogP contribution in [0.25, 0.3) is 10.9 Å². The number of benzene rings is 3. The molecule has 6 heteroatoms. The van der Waals surface area contributed by atoms with Crippen molar-refractivity contribution in [2.24, 2.45) is 5.92 Å². The second kappa shape index (κ2) is 11.5. The molecule has 0 radical (unpaired) electrons. The van der Waals surface area contributed by atoms with Gasteiger partial charge in [-0.2, -0.15) is 0 Å². The molecule has 1 saturated heterocycles. The number of ether oxygens (including phenoxy) is 1. The Hall–Kier alpha value is -4.19. The van der Waals surface area contributed by atoms with Gasteiger partial charge in [-0.1, -0.05) is 78.9 Å². The fourth-order valence-electron chi connectivity index (χ4n) is 5.54. The number of rotatable bonds is 10. The highest BCUT2D eigenvalue weighted by Crippen LogP contribution is 2.40. The number of amides is 1. The summed E-state index contributed by atoms with van der Waals surface area (Å²) in [5.41, 5.74) is 4.96. The number of aryl methyl sites for hydroxylation is 1. The molecule has 1 aliphatic rings. The third kappa shape index (κ3) is 5.54. The molecule has 1 aliphatic heterocycles. The summed E-state index contributed by atoms with van der Waals surface area (Å²) in [6, 6.07) is 27.7. The molecule has 2 N–H and O–H groups in total. The maximum absolute atomic E-state index is 13.8.